The van der Waals surface area contributed by atoms with Crippen LogP contribution in [0.2, 0.25) is 0 Å². The van der Waals surface area contributed by atoms with E-state index in [9.17, 15) is 21.6 Å². The van der Waals surface area contributed by atoms with Crippen molar-refractivity contribution in [3.63, 3.8) is 0 Å². The van der Waals surface area contributed by atoms with Crippen LogP contribution in [0.5, 0.6) is 0 Å². The maximum atomic E-state index is 12.3. The van der Waals surface area contributed by atoms with Gasteiger partial charge in [0.05, 0.1) is 17.0 Å². The molecule has 1 aliphatic heterocycles. The van der Waals surface area contributed by atoms with Gasteiger partial charge in [0.2, 0.25) is 10.0 Å². The molecular weight excluding hydrogens is 401 g/mol. The fourth-order valence-electron chi connectivity index (χ4n) is 2.61. The Morgan fingerprint density at radius 2 is 1.96 bits per heavy atom. The first kappa shape index (κ1) is 22.5. The average Bonchev–Trinajstić information content (AvgIpc) is 2.94. The number of ether oxygens (including phenoxy) is 1. The Kier molecular flexibility index (Phi) is 8.03. The van der Waals surface area contributed by atoms with E-state index in [1.807, 2.05) is 0 Å². The van der Waals surface area contributed by atoms with Gasteiger partial charge in [-0.05, 0) is 55.4 Å². The third-order valence-electron chi connectivity index (χ3n) is 3.72. The Morgan fingerprint density at radius 3 is 2.44 bits per heavy atom. The highest BCUT2D eigenvalue weighted by Gasteiger charge is 2.35. The van der Waals surface area contributed by atoms with Crippen LogP contribution in [0.25, 0.3) is 0 Å². The number of methoxy groups -OCH3 is 1. The first-order valence-electron chi connectivity index (χ1n) is 7.25. The van der Waals surface area contributed by atoms with Crippen LogP contribution in [0.3, 0.4) is 0 Å². The molecule has 0 amide bonds. The molecule has 1 heterocycles. The third kappa shape index (κ3) is 6.61. The fraction of sp³-hybridized carbons (Fsp3) is 0.571. The number of rotatable bonds is 7. The van der Waals surface area contributed by atoms with Gasteiger partial charge in [-0.15, -0.1) is 12.4 Å². The molecule has 5 nitrogen and oxygen atoms in total. The topological polar surface area (TPSA) is 67.4 Å². The predicted octanol–water partition coefficient (Wildman–Crippen LogP) is 2.77. The molecule has 0 aromatic heterocycles. The fourth-order valence-corrected chi connectivity index (χ4v) is 4.27. The Balaban J connectivity index is 0.00000312. The van der Waals surface area contributed by atoms with Gasteiger partial charge >= 0.3 is 5.51 Å². The number of benzene rings is 1. The highest BCUT2D eigenvalue weighted by atomic mass is 35.5. The van der Waals surface area contributed by atoms with Gasteiger partial charge in [-0.3, -0.25) is 0 Å². The predicted molar refractivity (Wildman–Crippen MR) is 92.6 cm³/mol. The van der Waals surface area contributed by atoms with Crippen molar-refractivity contribution in [2.75, 3.05) is 26.8 Å². The molecule has 144 valence electrons. The van der Waals surface area contributed by atoms with Crippen LogP contribution in [0, 0.1) is 0 Å². The highest BCUT2D eigenvalue weighted by molar-refractivity contribution is 8.00. The summed E-state index contributed by atoms with van der Waals surface area (Å²) in [4.78, 5) is -0.130. The molecule has 1 fully saturated rings. The van der Waals surface area contributed by atoms with Crippen LogP contribution in [0.1, 0.15) is 12.8 Å². The second-order valence-corrected chi connectivity index (χ2v) is 8.49. The molecule has 0 aliphatic carbocycles. The van der Waals surface area contributed by atoms with E-state index in [1.54, 1.807) is 7.11 Å². The molecule has 1 aromatic rings. The number of sulfonamides is 1. The summed E-state index contributed by atoms with van der Waals surface area (Å²) in [6.07, 6.45) is 1.71. The van der Waals surface area contributed by atoms with E-state index >= 15 is 0 Å². The standard InChI is InChI=1S/C14H19F3N2O3S2.ClH/c1-22-10-13(7-2-8-18-13)9-19-24(20,21)12-5-3-11(4-6-12)23-14(15,16)17;/h3-6,18-19H,2,7-10H2,1H3;1H. The molecule has 1 unspecified atom stereocenters. The smallest absolute Gasteiger partial charge is 0.383 e. The molecule has 25 heavy (non-hydrogen) atoms. The zero-order chi connectivity index (χ0) is 17.8. The zero-order valence-corrected chi connectivity index (χ0v) is 15.9. The van der Waals surface area contributed by atoms with E-state index in [-0.39, 0.29) is 40.5 Å². The van der Waals surface area contributed by atoms with E-state index in [0.717, 1.165) is 31.5 Å². The van der Waals surface area contributed by atoms with E-state index in [2.05, 4.69) is 10.0 Å². The largest absolute Gasteiger partial charge is 0.446 e. The van der Waals surface area contributed by atoms with E-state index in [0.29, 0.717) is 6.61 Å². The van der Waals surface area contributed by atoms with Gasteiger partial charge < -0.3 is 10.1 Å². The monoisotopic (exact) mass is 420 g/mol. The summed E-state index contributed by atoms with van der Waals surface area (Å²) < 4.78 is 69.2. The maximum Gasteiger partial charge on any atom is 0.446 e. The van der Waals surface area contributed by atoms with E-state index in [1.165, 1.54) is 12.1 Å². The lowest BCUT2D eigenvalue weighted by Gasteiger charge is -2.28. The second kappa shape index (κ2) is 8.92. The minimum Gasteiger partial charge on any atom is -0.383 e. The van der Waals surface area contributed by atoms with Crippen molar-refractivity contribution in [1.82, 2.24) is 10.0 Å². The van der Waals surface area contributed by atoms with E-state index < -0.39 is 21.1 Å². The van der Waals surface area contributed by atoms with Crippen molar-refractivity contribution in [1.29, 1.82) is 0 Å². The SMILES string of the molecule is COCC1(CNS(=O)(=O)c2ccc(SC(F)(F)F)cc2)CCCN1.Cl. The number of thioether (sulfide) groups is 1. The number of alkyl halides is 3. The minimum absolute atomic E-state index is 0. The second-order valence-electron chi connectivity index (χ2n) is 5.59. The summed E-state index contributed by atoms with van der Waals surface area (Å²) in [6.45, 7) is 1.31. The van der Waals surface area contributed by atoms with Crippen LogP contribution in [0.15, 0.2) is 34.1 Å². The summed E-state index contributed by atoms with van der Waals surface area (Å²) in [5.41, 5.74) is -4.85. The van der Waals surface area contributed by atoms with Crippen LogP contribution in [0.4, 0.5) is 13.2 Å². The lowest BCUT2D eigenvalue weighted by atomic mass is 9.99. The normalized spacial score (nSPS) is 21.1. The lowest BCUT2D eigenvalue weighted by Crippen LogP contribution is -2.52. The summed E-state index contributed by atoms with van der Waals surface area (Å²) in [7, 11) is -2.25. The van der Waals surface area contributed by atoms with Gasteiger partial charge in [0.25, 0.3) is 0 Å². The van der Waals surface area contributed by atoms with Gasteiger partial charge in [-0.1, -0.05) is 0 Å². The summed E-state index contributed by atoms with van der Waals surface area (Å²) in [6, 6.07) is 4.62. The van der Waals surface area contributed by atoms with Crippen LogP contribution < -0.4 is 10.0 Å². The van der Waals surface area contributed by atoms with Gasteiger partial charge in [0, 0.05) is 18.6 Å². The summed E-state index contributed by atoms with van der Waals surface area (Å²) in [5.74, 6) is 0. The minimum atomic E-state index is -4.40. The molecule has 11 heteroatoms. The van der Waals surface area contributed by atoms with Gasteiger partial charge in [0.1, 0.15) is 0 Å². The molecule has 1 aromatic carbocycles. The summed E-state index contributed by atoms with van der Waals surface area (Å²) >= 11 is -0.282. The Bertz CT molecular complexity index is 648. The van der Waals surface area contributed by atoms with Crippen molar-refractivity contribution in [3.05, 3.63) is 24.3 Å². The molecule has 0 saturated carbocycles. The van der Waals surface area contributed by atoms with Crippen LogP contribution in [-0.4, -0.2) is 46.3 Å². The molecule has 1 atom stereocenters. The molecular formula is C14H20ClF3N2O3S2. The van der Waals surface area contributed by atoms with Crippen molar-refractivity contribution in [2.24, 2.45) is 0 Å². The molecule has 1 aliphatic rings. The first-order valence-corrected chi connectivity index (χ1v) is 9.55. The maximum absolute atomic E-state index is 12.3. The Morgan fingerprint density at radius 1 is 1.32 bits per heavy atom. The van der Waals surface area contributed by atoms with Gasteiger partial charge in [0.15, 0.2) is 0 Å². The van der Waals surface area contributed by atoms with Crippen LogP contribution >= 0.6 is 24.2 Å². The van der Waals surface area contributed by atoms with Crippen molar-refractivity contribution >= 4 is 34.2 Å². The quantitative estimate of drug-likeness (QED) is 0.664. The van der Waals surface area contributed by atoms with Crippen molar-refractivity contribution in [3.8, 4) is 0 Å². The first-order chi connectivity index (χ1) is 11.2. The molecule has 0 bridgehead atoms. The third-order valence-corrected chi connectivity index (χ3v) is 5.88. The molecule has 0 spiro atoms. The number of hydrogen-bond acceptors (Lipinski definition) is 5. The average molecular weight is 421 g/mol. The molecule has 2 rings (SSSR count). The Labute approximate surface area is 155 Å². The van der Waals surface area contributed by atoms with E-state index in [4.69, 9.17) is 4.74 Å². The molecule has 0 radical (unpaired) electrons. The van der Waals surface area contributed by atoms with Crippen molar-refractivity contribution < 1.29 is 26.3 Å². The lowest BCUT2D eigenvalue weighted by molar-refractivity contribution is -0.0328. The van der Waals surface area contributed by atoms with Gasteiger partial charge in [-0.25, -0.2) is 13.1 Å². The number of halogens is 4. The molecule has 2 N–H and O–H groups in total. The Hall–Kier alpha value is -0.520. The molecule has 1 saturated heterocycles. The summed E-state index contributed by atoms with van der Waals surface area (Å²) in [5, 5.41) is 3.25. The number of hydrogen-bond donors (Lipinski definition) is 2. The van der Waals surface area contributed by atoms with Crippen LogP contribution in [-0.2, 0) is 14.8 Å². The highest BCUT2D eigenvalue weighted by Crippen LogP contribution is 2.36. The number of nitrogens with one attached hydrogen (secondary N) is 2. The van der Waals surface area contributed by atoms with Crippen molar-refractivity contribution in [2.45, 2.75) is 33.7 Å². The zero-order valence-electron chi connectivity index (χ0n) is 13.4. The van der Waals surface area contributed by atoms with Gasteiger partial charge in [-0.2, -0.15) is 13.2 Å².